The summed E-state index contributed by atoms with van der Waals surface area (Å²) < 4.78 is 4.75. The van der Waals surface area contributed by atoms with E-state index in [0.29, 0.717) is 17.0 Å². The monoisotopic (exact) mass is 293 g/mol. The second-order valence-corrected chi connectivity index (χ2v) is 4.79. The summed E-state index contributed by atoms with van der Waals surface area (Å²) in [7, 11) is 1.36. The third-order valence-electron chi connectivity index (χ3n) is 3.34. The summed E-state index contributed by atoms with van der Waals surface area (Å²) in [6.07, 6.45) is 0. The average molecular weight is 293 g/mol. The van der Waals surface area contributed by atoms with Crippen molar-refractivity contribution < 1.29 is 9.53 Å². The van der Waals surface area contributed by atoms with Gasteiger partial charge in [-0.25, -0.2) is 4.79 Å². The van der Waals surface area contributed by atoms with Crippen LogP contribution in [-0.2, 0) is 4.74 Å². The van der Waals surface area contributed by atoms with E-state index in [9.17, 15) is 4.79 Å². The zero-order chi connectivity index (χ0) is 15.5. The number of H-pyrrole nitrogens is 1. The van der Waals surface area contributed by atoms with Crippen LogP contribution in [0.25, 0.3) is 16.6 Å². The number of rotatable bonds is 4. The molecule has 3 aromatic rings. The Morgan fingerprint density at radius 2 is 2.00 bits per heavy atom. The van der Waals surface area contributed by atoms with Crippen molar-refractivity contribution in [2.24, 2.45) is 0 Å². The molecule has 0 saturated heterocycles. The molecule has 110 valence electrons. The van der Waals surface area contributed by atoms with Crippen molar-refractivity contribution in [3.63, 3.8) is 0 Å². The maximum absolute atomic E-state index is 11.7. The fraction of sp³-hybridized carbons (Fsp3) is 0.0588. The van der Waals surface area contributed by atoms with E-state index in [1.54, 1.807) is 18.2 Å². The van der Waals surface area contributed by atoms with Crippen LogP contribution < -0.4 is 5.32 Å². The summed E-state index contributed by atoms with van der Waals surface area (Å²) in [6, 6.07) is 15.0. The highest BCUT2D eigenvalue weighted by molar-refractivity contribution is 5.98. The van der Waals surface area contributed by atoms with E-state index in [0.717, 1.165) is 16.6 Å². The number of hydrogen-bond donors (Lipinski definition) is 2. The zero-order valence-corrected chi connectivity index (χ0v) is 12.1. The molecule has 5 heteroatoms. The van der Waals surface area contributed by atoms with Crippen molar-refractivity contribution in [1.82, 2.24) is 10.2 Å². The minimum Gasteiger partial charge on any atom is -0.465 e. The Balaban J connectivity index is 1.96. The molecule has 0 atom stereocenters. The van der Waals surface area contributed by atoms with E-state index in [1.165, 1.54) is 7.11 Å². The van der Waals surface area contributed by atoms with E-state index in [1.807, 2.05) is 30.3 Å². The molecule has 0 bridgehead atoms. The van der Waals surface area contributed by atoms with E-state index < -0.39 is 0 Å². The molecule has 2 aromatic carbocycles. The van der Waals surface area contributed by atoms with Crippen molar-refractivity contribution in [3.05, 3.63) is 66.4 Å². The molecule has 0 spiro atoms. The van der Waals surface area contributed by atoms with Crippen molar-refractivity contribution in [2.45, 2.75) is 0 Å². The Kier molecular flexibility index (Phi) is 3.62. The standard InChI is InChI=1S/C17H15N3O2/c1-11(18-13-6-4-3-5-7-13)16-14-10-12(17(21)22-2)8-9-15(14)19-20-16/h3-10,18H,1H2,2H3,(H,19,20). The lowest BCUT2D eigenvalue weighted by molar-refractivity contribution is 0.0601. The van der Waals surface area contributed by atoms with Gasteiger partial charge in [0.05, 0.1) is 23.9 Å². The lowest BCUT2D eigenvalue weighted by Gasteiger charge is -2.07. The second-order valence-electron chi connectivity index (χ2n) is 4.79. The largest absolute Gasteiger partial charge is 0.465 e. The van der Waals surface area contributed by atoms with Gasteiger partial charge in [0.2, 0.25) is 0 Å². The summed E-state index contributed by atoms with van der Waals surface area (Å²) in [5.41, 5.74) is 3.56. The summed E-state index contributed by atoms with van der Waals surface area (Å²) in [5.74, 6) is -0.379. The van der Waals surface area contributed by atoms with Gasteiger partial charge >= 0.3 is 5.97 Å². The highest BCUT2D eigenvalue weighted by atomic mass is 16.5. The summed E-state index contributed by atoms with van der Waals surface area (Å²) in [5, 5.41) is 11.2. The average Bonchev–Trinajstić information content (AvgIpc) is 2.98. The number of para-hydroxylation sites is 1. The van der Waals surface area contributed by atoms with Crippen molar-refractivity contribution in [2.75, 3.05) is 12.4 Å². The van der Waals surface area contributed by atoms with Gasteiger partial charge < -0.3 is 10.1 Å². The van der Waals surface area contributed by atoms with E-state index >= 15 is 0 Å². The molecular formula is C17H15N3O2. The van der Waals surface area contributed by atoms with Gasteiger partial charge in [-0.2, -0.15) is 5.10 Å². The smallest absolute Gasteiger partial charge is 0.337 e. The van der Waals surface area contributed by atoms with Crippen LogP contribution in [0.2, 0.25) is 0 Å². The van der Waals surface area contributed by atoms with Gasteiger partial charge in [-0.15, -0.1) is 0 Å². The fourth-order valence-corrected chi connectivity index (χ4v) is 2.24. The Morgan fingerprint density at radius 3 is 2.73 bits per heavy atom. The Hall–Kier alpha value is -3.08. The molecule has 5 nitrogen and oxygen atoms in total. The van der Waals surface area contributed by atoms with Crippen LogP contribution in [-0.4, -0.2) is 23.3 Å². The van der Waals surface area contributed by atoms with E-state index in [2.05, 4.69) is 22.1 Å². The molecule has 0 amide bonds. The molecule has 1 aromatic heterocycles. The predicted molar refractivity (Wildman–Crippen MR) is 86.5 cm³/mol. The number of carbonyl (C=O) groups is 1. The van der Waals surface area contributed by atoms with E-state index in [4.69, 9.17) is 4.74 Å². The summed E-state index contributed by atoms with van der Waals surface area (Å²) in [6.45, 7) is 4.03. The van der Waals surface area contributed by atoms with Gasteiger partial charge in [0.1, 0.15) is 5.69 Å². The van der Waals surface area contributed by atoms with Crippen LogP contribution in [0.1, 0.15) is 16.1 Å². The molecule has 1 heterocycles. The summed E-state index contributed by atoms with van der Waals surface area (Å²) >= 11 is 0. The van der Waals surface area contributed by atoms with Crippen LogP contribution in [0.5, 0.6) is 0 Å². The van der Waals surface area contributed by atoms with Gasteiger partial charge in [-0.05, 0) is 30.3 Å². The zero-order valence-electron chi connectivity index (χ0n) is 12.1. The minimum atomic E-state index is -0.379. The highest BCUT2D eigenvalue weighted by Crippen LogP contribution is 2.24. The Labute approximate surface area is 127 Å². The number of aromatic amines is 1. The SMILES string of the molecule is C=C(Nc1ccccc1)c1n[nH]c2ccc(C(=O)OC)cc12. The van der Waals surface area contributed by atoms with Gasteiger partial charge in [-0.1, -0.05) is 24.8 Å². The number of nitrogens with one attached hydrogen (secondary N) is 2. The minimum absolute atomic E-state index is 0.379. The van der Waals surface area contributed by atoms with Crippen LogP contribution in [0.3, 0.4) is 0 Å². The molecular weight excluding hydrogens is 278 g/mol. The Bertz CT molecular complexity index is 837. The second kappa shape index (κ2) is 5.73. The van der Waals surface area contributed by atoms with Crippen LogP contribution >= 0.6 is 0 Å². The molecule has 0 radical (unpaired) electrons. The first kappa shape index (κ1) is 13.9. The van der Waals surface area contributed by atoms with E-state index in [-0.39, 0.29) is 5.97 Å². The van der Waals surface area contributed by atoms with Crippen LogP contribution in [0, 0.1) is 0 Å². The van der Waals surface area contributed by atoms with Gasteiger partial charge in [0, 0.05) is 11.1 Å². The first-order valence-corrected chi connectivity index (χ1v) is 6.77. The molecule has 0 aliphatic carbocycles. The Morgan fingerprint density at radius 1 is 1.23 bits per heavy atom. The number of esters is 1. The number of carbonyl (C=O) groups excluding carboxylic acids is 1. The molecule has 0 unspecified atom stereocenters. The number of methoxy groups -OCH3 is 1. The van der Waals surface area contributed by atoms with Crippen LogP contribution in [0.15, 0.2) is 55.1 Å². The maximum atomic E-state index is 11.7. The first-order valence-electron chi connectivity index (χ1n) is 6.77. The van der Waals surface area contributed by atoms with Gasteiger partial charge in [0.25, 0.3) is 0 Å². The molecule has 22 heavy (non-hydrogen) atoms. The number of hydrogen-bond acceptors (Lipinski definition) is 4. The molecule has 0 saturated carbocycles. The third kappa shape index (κ3) is 2.56. The predicted octanol–water partition coefficient (Wildman–Crippen LogP) is 3.43. The number of anilines is 1. The molecule has 3 rings (SSSR count). The molecule has 2 N–H and O–H groups in total. The fourth-order valence-electron chi connectivity index (χ4n) is 2.24. The van der Waals surface area contributed by atoms with Crippen molar-refractivity contribution >= 4 is 28.3 Å². The quantitative estimate of drug-likeness (QED) is 0.723. The highest BCUT2D eigenvalue weighted by Gasteiger charge is 2.13. The topological polar surface area (TPSA) is 67.0 Å². The molecule has 0 aliphatic heterocycles. The first-order chi connectivity index (χ1) is 10.7. The van der Waals surface area contributed by atoms with Crippen LogP contribution in [0.4, 0.5) is 5.69 Å². The van der Waals surface area contributed by atoms with Gasteiger partial charge in [0.15, 0.2) is 0 Å². The summed E-state index contributed by atoms with van der Waals surface area (Å²) in [4.78, 5) is 11.7. The number of benzene rings is 2. The van der Waals surface area contributed by atoms with Crippen molar-refractivity contribution in [3.8, 4) is 0 Å². The normalized spacial score (nSPS) is 10.4. The number of fused-ring (bicyclic) bond motifs is 1. The maximum Gasteiger partial charge on any atom is 0.337 e. The number of nitrogens with zero attached hydrogens (tertiary/aromatic N) is 1. The molecule has 0 aliphatic rings. The lowest BCUT2D eigenvalue weighted by atomic mass is 10.1. The van der Waals surface area contributed by atoms with Crippen molar-refractivity contribution in [1.29, 1.82) is 0 Å². The molecule has 0 fully saturated rings. The lowest BCUT2D eigenvalue weighted by Crippen LogP contribution is -2.01. The number of aromatic nitrogens is 2. The third-order valence-corrected chi connectivity index (χ3v) is 3.34. The van der Waals surface area contributed by atoms with Gasteiger partial charge in [-0.3, -0.25) is 5.10 Å². The number of ether oxygens (including phenoxy) is 1.